The topological polar surface area (TPSA) is 70.5 Å². The lowest BCUT2D eigenvalue weighted by molar-refractivity contribution is 0.680. The summed E-state index contributed by atoms with van der Waals surface area (Å²) in [5.74, 6) is 0.816. The Labute approximate surface area is 140 Å². The third-order valence-corrected chi connectivity index (χ3v) is 4.39. The molecule has 0 radical (unpaired) electrons. The van der Waals surface area contributed by atoms with Gasteiger partial charge in [0.05, 0.1) is 17.9 Å². The maximum atomic E-state index is 6.39. The molecular formula is C20H20N4. The van der Waals surface area contributed by atoms with Crippen LogP contribution in [-0.2, 0) is 6.42 Å². The quantitative estimate of drug-likeness (QED) is 0.530. The van der Waals surface area contributed by atoms with E-state index in [4.69, 9.17) is 5.73 Å². The van der Waals surface area contributed by atoms with E-state index in [0.717, 1.165) is 29.0 Å². The van der Waals surface area contributed by atoms with E-state index in [0.29, 0.717) is 0 Å². The first kappa shape index (κ1) is 14.7. The van der Waals surface area contributed by atoms with E-state index < -0.39 is 0 Å². The maximum Gasteiger partial charge on any atom is 0.123 e. The van der Waals surface area contributed by atoms with Crippen LogP contribution in [0.15, 0.2) is 60.9 Å². The Morgan fingerprint density at radius 2 is 2.00 bits per heavy atom. The van der Waals surface area contributed by atoms with Crippen molar-refractivity contribution in [2.45, 2.75) is 19.4 Å². The van der Waals surface area contributed by atoms with Crippen LogP contribution in [0.5, 0.6) is 0 Å². The van der Waals surface area contributed by atoms with Crippen molar-refractivity contribution >= 4 is 10.9 Å². The third kappa shape index (κ3) is 2.72. The molecule has 1 atom stereocenters. The van der Waals surface area contributed by atoms with Gasteiger partial charge >= 0.3 is 0 Å². The third-order valence-electron chi connectivity index (χ3n) is 4.39. The lowest BCUT2D eigenvalue weighted by Gasteiger charge is -2.08. The molecule has 4 heteroatoms. The first-order valence-electron chi connectivity index (χ1n) is 8.13. The lowest BCUT2D eigenvalue weighted by atomic mass is 10.1. The van der Waals surface area contributed by atoms with Gasteiger partial charge in [-0.05, 0) is 36.6 Å². The van der Waals surface area contributed by atoms with Crippen molar-refractivity contribution < 1.29 is 0 Å². The van der Waals surface area contributed by atoms with Crippen molar-refractivity contribution in [1.82, 2.24) is 15.0 Å². The number of aromatic amines is 2. The maximum absolute atomic E-state index is 6.39. The zero-order chi connectivity index (χ0) is 16.5. The Morgan fingerprint density at radius 1 is 1.12 bits per heavy atom. The average Bonchev–Trinajstić information content (AvgIpc) is 3.23. The van der Waals surface area contributed by atoms with Gasteiger partial charge in [-0.3, -0.25) is 0 Å². The summed E-state index contributed by atoms with van der Waals surface area (Å²) in [6, 6.07) is 16.5. The number of rotatable bonds is 4. The molecule has 0 saturated carbocycles. The van der Waals surface area contributed by atoms with Gasteiger partial charge in [-0.2, -0.15) is 0 Å². The number of para-hydroxylation sites is 1. The van der Waals surface area contributed by atoms with E-state index in [9.17, 15) is 0 Å². The summed E-state index contributed by atoms with van der Waals surface area (Å²) in [7, 11) is 0. The van der Waals surface area contributed by atoms with Crippen LogP contribution >= 0.6 is 0 Å². The molecule has 2 heterocycles. The highest BCUT2D eigenvalue weighted by atomic mass is 15.0. The molecule has 0 aliphatic heterocycles. The smallest absolute Gasteiger partial charge is 0.123 e. The minimum Gasteiger partial charge on any atom is -0.361 e. The average molecular weight is 316 g/mol. The largest absolute Gasteiger partial charge is 0.361 e. The van der Waals surface area contributed by atoms with Crippen LogP contribution in [0.25, 0.3) is 22.2 Å². The highest BCUT2D eigenvalue weighted by Crippen LogP contribution is 2.24. The Morgan fingerprint density at radius 3 is 2.88 bits per heavy atom. The number of nitrogens with two attached hydrogens (primary N) is 1. The standard InChI is InChI=1S/C20H20N4/c1-13-5-4-6-14(9-13)19-12-23-20(24-19)17(21)10-15-11-22-18-8-3-2-7-16(15)18/h2-9,11-12,17,22H,10,21H2,1H3,(H,23,24). The van der Waals surface area contributed by atoms with Crippen LogP contribution < -0.4 is 5.73 Å². The number of benzene rings is 2. The molecule has 0 bridgehead atoms. The molecule has 120 valence electrons. The molecule has 0 saturated heterocycles. The van der Waals surface area contributed by atoms with Gasteiger partial charge in [0.15, 0.2) is 0 Å². The van der Waals surface area contributed by atoms with Crippen molar-refractivity contribution in [1.29, 1.82) is 0 Å². The number of aryl methyl sites for hydroxylation is 1. The molecule has 24 heavy (non-hydrogen) atoms. The lowest BCUT2D eigenvalue weighted by Crippen LogP contribution is -2.14. The predicted molar refractivity (Wildman–Crippen MR) is 97.7 cm³/mol. The van der Waals surface area contributed by atoms with E-state index in [1.807, 2.05) is 24.5 Å². The molecule has 0 aliphatic rings. The second-order valence-electron chi connectivity index (χ2n) is 6.22. The Balaban J connectivity index is 1.58. The number of imidazole rings is 1. The second-order valence-corrected chi connectivity index (χ2v) is 6.22. The SMILES string of the molecule is Cc1cccc(-c2cnc(C(N)Cc3c[nH]c4ccccc34)[nH]2)c1. The summed E-state index contributed by atoms with van der Waals surface area (Å²) in [5.41, 5.74) is 12.1. The zero-order valence-electron chi connectivity index (χ0n) is 13.6. The van der Waals surface area contributed by atoms with Gasteiger partial charge < -0.3 is 15.7 Å². The molecule has 0 amide bonds. The summed E-state index contributed by atoms with van der Waals surface area (Å²) in [6.07, 6.45) is 4.64. The van der Waals surface area contributed by atoms with Crippen molar-refractivity contribution in [2.75, 3.05) is 0 Å². The number of hydrogen-bond donors (Lipinski definition) is 3. The number of H-pyrrole nitrogens is 2. The minimum absolute atomic E-state index is 0.164. The van der Waals surface area contributed by atoms with Gasteiger partial charge in [0.1, 0.15) is 5.82 Å². The number of aromatic nitrogens is 3. The second kappa shape index (κ2) is 5.98. The summed E-state index contributed by atoms with van der Waals surface area (Å²) in [6.45, 7) is 2.09. The molecule has 2 aromatic carbocycles. The highest BCUT2D eigenvalue weighted by Gasteiger charge is 2.14. The van der Waals surface area contributed by atoms with Crippen molar-refractivity contribution in [3.05, 3.63) is 77.9 Å². The van der Waals surface area contributed by atoms with E-state index >= 15 is 0 Å². The van der Waals surface area contributed by atoms with E-state index in [1.165, 1.54) is 16.5 Å². The summed E-state index contributed by atoms with van der Waals surface area (Å²) < 4.78 is 0. The molecule has 4 aromatic rings. The van der Waals surface area contributed by atoms with Gasteiger partial charge in [-0.1, -0.05) is 42.0 Å². The van der Waals surface area contributed by atoms with Gasteiger partial charge in [0.25, 0.3) is 0 Å². The molecule has 4 nitrogen and oxygen atoms in total. The van der Waals surface area contributed by atoms with Crippen LogP contribution in [0.4, 0.5) is 0 Å². The molecule has 2 aromatic heterocycles. The van der Waals surface area contributed by atoms with Crippen molar-refractivity contribution in [3.8, 4) is 11.3 Å². The van der Waals surface area contributed by atoms with E-state index in [2.05, 4.69) is 58.3 Å². The first-order valence-corrected chi connectivity index (χ1v) is 8.13. The Kier molecular flexibility index (Phi) is 3.67. The Hall–Kier alpha value is -2.85. The summed E-state index contributed by atoms with van der Waals surface area (Å²) >= 11 is 0. The fourth-order valence-electron chi connectivity index (χ4n) is 3.12. The number of nitrogens with one attached hydrogen (secondary N) is 2. The van der Waals surface area contributed by atoms with Crippen molar-refractivity contribution in [2.24, 2.45) is 5.73 Å². The van der Waals surface area contributed by atoms with Gasteiger partial charge in [-0.15, -0.1) is 0 Å². The van der Waals surface area contributed by atoms with Gasteiger partial charge in [0.2, 0.25) is 0 Å². The number of nitrogens with zero attached hydrogens (tertiary/aromatic N) is 1. The van der Waals surface area contributed by atoms with Gasteiger partial charge in [0, 0.05) is 17.1 Å². The van der Waals surface area contributed by atoms with Crippen molar-refractivity contribution in [3.63, 3.8) is 0 Å². The zero-order valence-corrected chi connectivity index (χ0v) is 13.6. The molecular weight excluding hydrogens is 296 g/mol. The minimum atomic E-state index is -0.164. The summed E-state index contributed by atoms with van der Waals surface area (Å²) in [5, 5.41) is 1.22. The predicted octanol–water partition coefficient (Wildman–Crippen LogP) is 4.11. The molecule has 4 N–H and O–H groups in total. The molecule has 0 fully saturated rings. The van der Waals surface area contributed by atoms with Crippen LogP contribution in [0.3, 0.4) is 0 Å². The molecule has 1 unspecified atom stereocenters. The summed E-state index contributed by atoms with van der Waals surface area (Å²) in [4.78, 5) is 11.2. The fourth-order valence-corrected chi connectivity index (χ4v) is 3.12. The fraction of sp³-hybridized carbons (Fsp3) is 0.150. The monoisotopic (exact) mass is 316 g/mol. The first-order chi connectivity index (χ1) is 11.7. The van der Waals surface area contributed by atoms with Crippen LogP contribution in [0.1, 0.15) is 23.0 Å². The normalized spacial score (nSPS) is 12.6. The van der Waals surface area contributed by atoms with E-state index in [1.54, 1.807) is 0 Å². The van der Waals surface area contributed by atoms with Gasteiger partial charge in [-0.25, -0.2) is 4.98 Å². The van der Waals surface area contributed by atoms with E-state index in [-0.39, 0.29) is 6.04 Å². The molecule has 4 rings (SSSR count). The highest BCUT2D eigenvalue weighted by molar-refractivity contribution is 5.83. The Bertz CT molecular complexity index is 980. The number of hydrogen-bond acceptors (Lipinski definition) is 2. The molecule has 0 spiro atoms. The van der Waals surface area contributed by atoms with Crippen LogP contribution in [0, 0.1) is 6.92 Å². The van der Waals surface area contributed by atoms with Crippen LogP contribution in [-0.4, -0.2) is 15.0 Å². The molecule has 0 aliphatic carbocycles. The number of fused-ring (bicyclic) bond motifs is 1. The van der Waals surface area contributed by atoms with Crippen LogP contribution in [0.2, 0.25) is 0 Å².